The van der Waals surface area contributed by atoms with Crippen LogP contribution in [0.5, 0.6) is 5.75 Å². The zero-order chi connectivity index (χ0) is 15.2. The Kier molecular flexibility index (Phi) is 5.79. The van der Waals surface area contributed by atoms with E-state index < -0.39 is 0 Å². The van der Waals surface area contributed by atoms with E-state index in [1.54, 1.807) is 24.3 Å². The molecule has 0 saturated carbocycles. The molecule has 110 valence electrons. The van der Waals surface area contributed by atoms with E-state index in [4.69, 9.17) is 27.9 Å². The number of ether oxygens (including phenoxy) is 1. The van der Waals surface area contributed by atoms with Gasteiger partial charge in [0.1, 0.15) is 5.75 Å². The van der Waals surface area contributed by atoms with Gasteiger partial charge in [0.05, 0.1) is 23.6 Å². The van der Waals surface area contributed by atoms with Crippen LogP contribution in [-0.4, -0.2) is 18.8 Å². The van der Waals surface area contributed by atoms with Gasteiger partial charge in [-0.2, -0.15) is 0 Å². The van der Waals surface area contributed by atoms with Crippen molar-refractivity contribution in [1.82, 2.24) is 0 Å². The van der Waals surface area contributed by atoms with E-state index in [0.29, 0.717) is 21.5 Å². The van der Waals surface area contributed by atoms with Gasteiger partial charge in [0, 0.05) is 9.92 Å². The molecule has 1 N–H and O–H groups in total. The van der Waals surface area contributed by atoms with Crippen molar-refractivity contribution in [3.63, 3.8) is 0 Å². The van der Waals surface area contributed by atoms with Crippen LogP contribution in [0.2, 0.25) is 10.0 Å². The van der Waals surface area contributed by atoms with Crippen LogP contribution in [0.1, 0.15) is 0 Å². The van der Waals surface area contributed by atoms with Crippen molar-refractivity contribution in [1.29, 1.82) is 0 Å². The predicted molar refractivity (Wildman–Crippen MR) is 88.8 cm³/mol. The van der Waals surface area contributed by atoms with Gasteiger partial charge < -0.3 is 10.1 Å². The number of methoxy groups -OCH3 is 1. The fourth-order valence-electron chi connectivity index (χ4n) is 1.67. The highest BCUT2D eigenvalue weighted by Crippen LogP contribution is 2.29. The summed E-state index contributed by atoms with van der Waals surface area (Å²) in [6.45, 7) is 0. The average molecular weight is 342 g/mol. The van der Waals surface area contributed by atoms with Crippen molar-refractivity contribution in [3.05, 3.63) is 52.5 Å². The lowest BCUT2D eigenvalue weighted by atomic mass is 10.3. The molecular formula is C15H13Cl2NO2S. The largest absolute Gasteiger partial charge is 0.495 e. The molecule has 6 heteroatoms. The molecule has 21 heavy (non-hydrogen) atoms. The molecule has 0 atom stereocenters. The summed E-state index contributed by atoms with van der Waals surface area (Å²) >= 11 is 13.3. The minimum absolute atomic E-state index is 0.152. The highest BCUT2D eigenvalue weighted by molar-refractivity contribution is 8.00. The molecule has 0 saturated heterocycles. The highest BCUT2D eigenvalue weighted by Gasteiger charge is 2.09. The summed E-state index contributed by atoms with van der Waals surface area (Å²) in [6.07, 6.45) is 0. The average Bonchev–Trinajstić information content (AvgIpc) is 2.47. The summed E-state index contributed by atoms with van der Waals surface area (Å²) in [7, 11) is 1.54. The van der Waals surface area contributed by atoms with Crippen molar-refractivity contribution in [2.24, 2.45) is 0 Å². The summed E-state index contributed by atoms with van der Waals surface area (Å²) < 4.78 is 5.18. The molecule has 0 fully saturated rings. The Morgan fingerprint density at radius 2 is 2.00 bits per heavy atom. The van der Waals surface area contributed by atoms with Crippen molar-refractivity contribution in [2.75, 3.05) is 18.2 Å². The number of hydrogen-bond acceptors (Lipinski definition) is 3. The third-order valence-electron chi connectivity index (χ3n) is 2.63. The van der Waals surface area contributed by atoms with Gasteiger partial charge in [-0.25, -0.2) is 0 Å². The number of rotatable bonds is 5. The van der Waals surface area contributed by atoms with Crippen LogP contribution in [0.25, 0.3) is 0 Å². The Morgan fingerprint density at radius 1 is 1.24 bits per heavy atom. The first-order valence-corrected chi connectivity index (χ1v) is 7.85. The molecule has 0 radical (unpaired) electrons. The molecule has 0 aromatic heterocycles. The van der Waals surface area contributed by atoms with Gasteiger partial charge in [-0.05, 0) is 30.3 Å². The topological polar surface area (TPSA) is 38.3 Å². The zero-order valence-electron chi connectivity index (χ0n) is 11.2. The maximum atomic E-state index is 12.0. The fraction of sp³-hybridized carbons (Fsp3) is 0.133. The molecular weight excluding hydrogens is 329 g/mol. The van der Waals surface area contributed by atoms with Gasteiger partial charge in [-0.3, -0.25) is 4.79 Å². The smallest absolute Gasteiger partial charge is 0.234 e. The van der Waals surface area contributed by atoms with Gasteiger partial charge >= 0.3 is 0 Å². The summed E-state index contributed by atoms with van der Waals surface area (Å²) in [5.41, 5.74) is 0.551. The number of nitrogens with one attached hydrogen (secondary N) is 1. The van der Waals surface area contributed by atoms with Crippen molar-refractivity contribution < 1.29 is 9.53 Å². The predicted octanol–water partition coefficient (Wildman–Crippen LogP) is 4.73. The lowest BCUT2D eigenvalue weighted by Gasteiger charge is -2.10. The Morgan fingerprint density at radius 3 is 2.71 bits per heavy atom. The second-order valence-electron chi connectivity index (χ2n) is 4.11. The summed E-state index contributed by atoms with van der Waals surface area (Å²) in [6, 6.07) is 12.5. The molecule has 1 amide bonds. The molecule has 2 rings (SSSR count). The molecule has 0 spiro atoms. The molecule has 0 unspecified atom stereocenters. The van der Waals surface area contributed by atoms with Crippen molar-refractivity contribution >= 4 is 46.6 Å². The van der Waals surface area contributed by atoms with Gasteiger partial charge in [0.2, 0.25) is 5.91 Å². The molecule has 0 bridgehead atoms. The monoisotopic (exact) mass is 341 g/mol. The first-order valence-electron chi connectivity index (χ1n) is 6.11. The molecule has 2 aromatic rings. The Balaban J connectivity index is 1.99. The SMILES string of the molecule is COc1ccc(Cl)cc1NC(=O)CSc1ccccc1Cl. The van der Waals surface area contributed by atoms with Crippen molar-refractivity contribution in [2.45, 2.75) is 4.90 Å². The molecule has 0 heterocycles. The van der Waals surface area contributed by atoms with Crippen LogP contribution in [0.4, 0.5) is 5.69 Å². The number of benzene rings is 2. The third kappa shape index (κ3) is 4.56. The molecule has 0 aliphatic heterocycles. The van der Waals surface area contributed by atoms with Crippen LogP contribution < -0.4 is 10.1 Å². The first kappa shape index (κ1) is 16.0. The van der Waals surface area contributed by atoms with Gasteiger partial charge in [0.25, 0.3) is 0 Å². The summed E-state index contributed by atoms with van der Waals surface area (Å²) in [5, 5.41) is 3.95. The van der Waals surface area contributed by atoms with Crippen LogP contribution >= 0.6 is 35.0 Å². The van der Waals surface area contributed by atoms with E-state index in [2.05, 4.69) is 5.32 Å². The zero-order valence-corrected chi connectivity index (χ0v) is 13.6. The standard InChI is InChI=1S/C15H13Cl2NO2S/c1-20-13-7-6-10(16)8-12(13)18-15(19)9-21-14-5-3-2-4-11(14)17/h2-8H,9H2,1H3,(H,18,19). The number of halogens is 2. The first-order chi connectivity index (χ1) is 10.1. The van der Waals surface area contributed by atoms with E-state index in [-0.39, 0.29) is 11.7 Å². The summed E-state index contributed by atoms with van der Waals surface area (Å²) in [4.78, 5) is 12.9. The molecule has 2 aromatic carbocycles. The van der Waals surface area contributed by atoms with E-state index >= 15 is 0 Å². The quantitative estimate of drug-likeness (QED) is 0.798. The lowest BCUT2D eigenvalue weighted by molar-refractivity contribution is -0.113. The van der Waals surface area contributed by atoms with E-state index in [1.807, 2.05) is 18.2 Å². The highest BCUT2D eigenvalue weighted by atomic mass is 35.5. The minimum Gasteiger partial charge on any atom is -0.495 e. The normalized spacial score (nSPS) is 10.2. The van der Waals surface area contributed by atoms with Gasteiger partial charge in [0.15, 0.2) is 0 Å². The second kappa shape index (κ2) is 7.59. The van der Waals surface area contributed by atoms with E-state index in [1.165, 1.54) is 18.9 Å². The molecule has 3 nitrogen and oxygen atoms in total. The molecule has 0 aliphatic carbocycles. The number of hydrogen-bond donors (Lipinski definition) is 1. The van der Waals surface area contributed by atoms with Crippen LogP contribution in [0, 0.1) is 0 Å². The van der Waals surface area contributed by atoms with Gasteiger partial charge in [-0.1, -0.05) is 35.3 Å². The third-order valence-corrected chi connectivity index (χ3v) is 4.38. The van der Waals surface area contributed by atoms with Crippen LogP contribution in [-0.2, 0) is 4.79 Å². The second-order valence-corrected chi connectivity index (χ2v) is 5.97. The Bertz CT molecular complexity index is 649. The van der Waals surface area contributed by atoms with E-state index in [0.717, 1.165) is 4.90 Å². The fourth-order valence-corrected chi connectivity index (χ4v) is 2.88. The number of carbonyl (C=O) groups excluding carboxylic acids is 1. The number of anilines is 1. The van der Waals surface area contributed by atoms with Gasteiger partial charge in [-0.15, -0.1) is 11.8 Å². The number of thioether (sulfide) groups is 1. The Labute approximate surface area is 137 Å². The van der Waals surface area contributed by atoms with Crippen molar-refractivity contribution in [3.8, 4) is 5.75 Å². The van der Waals surface area contributed by atoms with E-state index in [9.17, 15) is 4.79 Å². The Hall–Kier alpha value is -1.36. The lowest BCUT2D eigenvalue weighted by Crippen LogP contribution is -2.14. The number of amides is 1. The maximum absolute atomic E-state index is 12.0. The van der Waals surface area contributed by atoms with Crippen LogP contribution in [0.15, 0.2) is 47.4 Å². The minimum atomic E-state index is -0.152. The number of carbonyl (C=O) groups is 1. The molecule has 0 aliphatic rings. The maximum Gasteiger partial charge on any atom is 0.234 e. The summed E-state index contributed by atoms with van der Waals surface area (Å²) in [5.74, 6) is 0.662. The van der Waals surface area contributed by atoms with Crippen LogP contribution in [0.3, 0.4) is 0 Å².